The number of rotatable bonds is 8. The van der Waals surface area contributed by atoms with Gasteiger partial charge in [-0.15, -0.1) is 0 Å². The van der Waals surface area contributed by atoms with E-state index in [2.05, 4.69) is 25.5 Å². The Morgan fingerprint density at radius 3 is 2.14 bits per heavy atom. The average Bonchev–Trinajstić information content (AvgIpc) is 2.08. The minimum atomic E-state index is 0.468. The molecule has 1 radical (unpaired) electrons. The molecule has 0 unspecified atom stereocenters. The zero-order chi connectivity index (χ0) is 10.9. The Bertz CT molecular complexity index is 136. The van der Waals surface area contributed by atoms with Crippen molar-refractivity contribution in [3.63, 3.8) is 0 Å². The summed E-state index contributed by atoms with van der Waals surface area (Å²) in [6.45, 7) is 8.81. The van der Waals surface area contributed by atoms with Gasteiger partial charge >= 0.3 is 6.47 Å². The molecular formula is C12H23O2. The topological polar surface area (TPSA) is 26.3 Å². The van der Waals surface area contributed by atoms with Crippen molar-refractivity contribution in [3.05, 3.63) is 0 Å². The van der Waals surface area contributed by atoms with E-state index in [1.807, 2.05) is 0 Å². The molecular weight excluding hydrogens is 176 g/mol. The van der Waals surface area contributed by atoms with Crippen molar-refractivity contribution >= 4 is 6.47 Å². The van der Waals surface area contributed by atoms with Crippen LogP contribution in [0.3, 0.4) is 0 Å². The maximum Gasteiger partial charge on any atom is 0.417 e. The van der Waals surface area contributed by atoms with Crippen LogP contribution in [-0.2, 0) is 9.53 Å². The average molecular weight is 199 g/mol. The van der Waals surface area contributed by atoms with E-state index in [0.717, 1.165) is 12.8 Å². The van der Waals surface area contributed by atoms with Crippen LogP contribution >= 0.6 is 0 Å². The SMILES string of the molecule is CC(C)(C)CCCCCCCO[C]=O. The normalized spacial score (nSPS) is 11.4. The summed E-state index contributed by atoms with van der Waals surface area (Å²) in [5.74, 6) is 0. The van der Waals surface area contributed by atoms with Gasteiger partial charge in [-0.25, -0.2) is 4.79 Å². The molecule has 0 fully saturated rings. The Labute approximate surface area is 88.0 Å². The Balaban J connectivity index is 3.03. The van der Waals surface area contributed by atoms with Crippen LogP contribution in [0.15, 0.2) is 0 Å². The quantitative estimate of drug-likeness (QED) is 0.560. The molecule has 0 aliphatic carbocycles. The standard InChI is InChI=1S/C12H23O2/c1-12(2,3)9-7-5-4-6-8-10-14-11-13/h4-10H2,1-3H3. The highest BCUT2D eigenvalue weighted by atomic mass is 16.5. The summed E-state index contributed by atoms with van der Waals surface area (Å²) in [7, 11) is 0. The van der Waals surface area contributed by atoms with Gasteiger partial charge in [-0.1, -0.05) is 46.5 Å². The fourth-order valence-corrected chi connectivity index (χ4v) is 1.40. The summed E-state index contributed by atoms with van der Waals surface area (Å²) in [5, 5.41) is 0. The number of ether oxygens (including phenoxy) is 1. The molecule has 0 amide bonds. The van der Waals surface area contributed by atoms with Crippen molar-refractivity contribution in [2.45, 2.75) is 59.3 Å². The zero-order valence-electron chi connectivity index (χ0n) is 9.77. The van der Waals surface area contributed by atoms with Gasteiger partial charge in [0.2, 0.25) is 0 Å². The van der Waals surface area contributed by atoms with Crippen LogP contribution in [0, 0.1) is 5.41 Å². The Kier molecular flexibility index (Phi) is 7.54. The minimum absolute atomic E-state index is 0.468. The van der Waals surface area contributed by atoms with Gasteiger partial charge in [-0.2, -0.15) is 0 Å². The number of hydrogen-bond donors (Lipinski definition) is 0. The van der Waals surface area contributed by atoms with Gasteiger partial charge in [-0.05, 0) is 18.3 Å². The summed E-state index contributed by atoms with van der Waals surface area (Å²) in [6.07, 6.45) is 7.28. The molecule has 0 bridgehead atoms. The van der Waals surface area contributed by atoms with Gasteiger partial charge in [0, 0.05) is 0 Å². The highest BCUT2D eigenvalue weighted by molar-refractivity contribution is 5.37. The van der Waals surface area contributed by atoms with E-state index >= 15 is 0 Å². The van der Waals surface area contributed by atoms with Crippen LogP contribution in [0.4, 0.5) is 0 Å². The third-order valence-corrected chi connectivity index (χ3v) is 2.23. The van der Waals surface area contributed by atoms with Gasteiger partial charge < -0.3 is 4.74 Å². The molecule has 0 aromatic carbocycles. The van der Waals surface area contributed by atoms with E-state index in [1.165, 1.54) is 32.2 Å². The second-order valence-electron chi connectivity index (χ2n) is 5.01. The Hall–Kier alpha value is -0.530. The second kappa shape index (κ2) is 7.84. The predicted octanol–water partition coefficient (Wildman–Crippen LogP) is 3.46. The van der Waals surface area contributed by atoms with Gasteiger partial charge in [0.05, 0.1) is 6.61 Å². The number of hydrogen-bond acceptors (Lipinski definition) is 2. The van der Waals surface area contributed by atoms with Gasteiger partial charge in [0.25, 0.3) is 0 Å². The molecule has 0 saturated carbocycles. The molecule has 0 saturated heterocycles. The third kappa shape index (κ3) is 11.5. The van der Waals surface area contributed by atoms with Crippen LogP contribution in [0.25, 0.3) is 0 Å². The lowest BCUT2D eigenvalue weighted by molar-refractivity contribution is 0.267. The smallest absolute Gasteiger partial charge is 0.417 e. The van der Waals surface area contributed by atoms with Gasteiger partial charge in [0.15, 0.2) is 0 Å². The van der Waals surface area contributed by atoms with Gasteiger partial charge in [0.1, 0.15) is 0 Å². The first-order valence-corrected chi connectivity index (χ1v) is 5.55. The predicted molar refractivity (Wildman–Crippen MR) is 58.8 cm³/mol. The molecule has 0 spiro atoms. The van der Waals surface area contributed by atoms with E-state index in [0.29, 0.717) is 12.0 Å². The molecule has 0 aromatic rings. The first-order chi connectivity index (χ1) is 6.56. The molecule has 0 heterocycles. The Morgan fingerprint density at radius 2 is 1.57 bits per heavy atom. The number of unbranched alkanes of at least 4 members (excludes halogenated alkanes) is 4. The molecule has 0 atom stereocenters. The van der Waals surface area contributed by atoms with E-state index in [9.17, 15) is 4.79 Å². The highest BCUT2D eigenvalue weighted by Gasteiger charge is 2.08. The summed E-state index contributed by atoms with van der Waals surface area (Å²) in [6, 6.07) is 0. The minimum Gasteiger partial charge on any atom is -0.457 e. The molecule has 0 aliphatic heterocycles. The van der Waals surface area contributed by atoms with Crippen molar-refractivity contribution < 1.29 is 9.53 Å². The van der Waals surface area contributed by atoms with Crippen molar-refractivity contribution in [1.82, 2.24) is 0 Å². The van der Waals surface area contributed by atoms with Crippen molar-refractivity contribution in [3.8, 4) is 0 Å². The van der Waals surface area contributed by atoms with E-state index in [-0.39, 0.29) is 0 Å². The lowest BCUT2D eigenvalue weighted by atomic mass is 9.89. The second-order valence-corrected chi connectivity index (χ2v) is 5.01. The van der Waals surface area contributed by atoms with E-state index < -0.39 is 0 Å². The largest absolute Gasteiger partial charge is 0.457 e. The van der Waals surface area contributed by atoms with Crippen LogP contribution in [0.5, 0.6) is 0 Å². The molecule has 2 heteroatoms. The highest BCUT2D eigenvalue weighted by Crippen LogP contribution is 2.22. The Morgan fingerprint density at radius 1 is 1.00 bits per heavy atom. The van der Waals surface area contributed by atoms with Crippen molar-refractivity contribution in [2.75, 3.05) is 6.61 Å². The fraction of sp³-hybridized carbons (Fsp3) is 0.917. The van der Waals surface area contributed by atoms with E-state index in [1.54, 1.807) is 0 Å². The lowest BCUT2D eigenvalue weighted by Crippen LogP contribution is -2.03. The van der Waals surface area contributed by atoms with Crippen LogP contribution in [0.2, 0.25) is 0 Å². The third-order valence-electron chi connectivity index (χ3n) is 2.23. The maximum absolute atomic E-state index is 9.70. The summed E-state index contributed by atoms with van der Waals surface area (Å²) in [5.41, 5.74) is 0.468. The summed E-state index contributed by atoms with van der Waals surface area (Å²) >= 11 is 0. The monoisotopic (exact) mass is 199 g/mol. The molecule has 0 N–H and O–H groups in total. The molecule has 2 nitrogen and oxygen atoms in total. The molecule has 83 valence electrons. The first-order valence-electron chi connectivity index (χ1n) is 5.55. The summed E-state index contributed by atoms with van der Waals surface area (Å²) < 4.78 is 4.49. The molecule has 0 rings (SSSR count). The van der Waals surface area contributed by atoms with Crippen molar-refractivity contribution in [2.24, 2.45) is 5.41 Å². The van der Waals surface area contributed by atoms with E-state index in [4.69, 9.17) is 0 Å². The molecule has 14 heavy (non-hydrogen) atoms. The van der Waals surface area contributed by atoms with Crippen LogP contribution in [-0.4, -0.2) is 13.1 Å². The molecule has 0 aromatic heterocycles. The maximum atomic E-state index is 9.70. The lowest BCUT2D eigenvalue weighted by Gasteiger charge is -2.17. The fourth-order valence-electron chi connectivity index (χ4n) is 1.40. The van der Waals surface area contributed by atoms with Crippen molar-refractivity contribution in [1.29, 1.82) is 0 Å². The first kappa shape index (κ1) is 13.5. The number of carbonyl (C=O) groups excluding carboxylic acids is 1. The zero-order valence-corrected chi connectivity index (χ0v) is 9.77. The van der Waals surface area contributed by atoms with Crippen LogP contribution in [0.1, 0.15) is 59.3 Å². The summed E-state index contributed by atoms with van der Waals surface area (Å²) in [4.78, 5) is 9.70. The van der Waals surface area contributed by atoms with Crippen LogP contribution < -0.4 is 0 Å². The molecule has 0 aliphatic rings. The van der Waals surface area contributed by atoms with Gasteiger partial charge in [-0.3, -0.25) is 0 Å².